The summed E-state index contributed by atoms with van der Waals surface area (Å²) in [5.74, 6) is 2.98. The van der Waals surface area contributed by atoms with Gasteiger partial charge in [-0.3, -0.25) is 9.59 Å². The van der Waals surface area contributed by atoms with Crippen molar-refractivity contribution >= 4 is 11.9 Å². The Kier molecular flexibility index (Phi) is 2.09. The summed E-state index contributed by atoms with van der Waals surface area (Å²) >= 11 is 0. The monoisotopic (exact) mass is 159 g/mol. The molecule has 62 valence electrons. The van der Waals surface area contributed by atoms with E-state index in [0.29, 0.717) is 6.42 Å². The van der Waals surface area contributed by atoms with Gasteiger partial charge in [0.25, 0.3) is 0 Å². The maximum absolute atomic E-state index is 10.7. The minimum Gasteiger partial charge on any atom is -0.469 e. The van der Waals surface area contributed by atoms with Crippen LogP contribution in [0.5, 0.6) is 0 Å². The van der Waals surface area contributed by atoms with E-state index >= 15 is 0 Å². The predicted molar refractivity (Wildman–Crippen MR) is 33.9 cm³/mol. The lowest BCUT2D eigenvalue weighted by Crippen LogP contribution is -2.15. The largest absolute Gasteiger partial charge is 0.469 e. The summed E-state index contributed by atoms with van der Waals surface area (Å²) in [7, 11) is 1.28. The van der Waals surface area contributed by atoms with Crippen LogP contribution in [0, 0.1) is 11.8 Å². The predicted octanol–water partition coefficient (Wildman–Crippen LogP) is -0.788. The topological polar surface area (TPSA) is 78.6 Å². The SMILES string of the molecule is COC(=O)[C@@H]1C[C@@H]1C(=O)ON. The van der Waals surface area contributed by atoms with Gasteiger partial charge in [0.1, 0.15) is 0 Å². The normalized spacial score (nSPS) is 27.5. The van der Waals surface area contributed by atoms with E-state index in [0.717, 1.165) is 0 Å². The highest BCUT2D eigenvalue weighted by Gasteiger charge is 2.50. The average Bonchev–Trinajstić information content (AvgIpc) is 2.80. The van der Waals surface area contributed by atoms with E-state index in [1.54, 1.807) is 0 Å². The van der Waals surface area contributed by atoms with Crippen molar-refractivity contribution in [2.24, 2.45) is 17.7 Å². The first-order valence-corrected chi connectivity index (χ1v) is 3.19. The third-order valence-corrected chi connectivity index (χ3v) is 1.71. The van der Waals surface area contributed by atoms with Crippen LogP contribution in [-0.4, -0.2) is 19.0 Å². The van der Waals surface area contributed by atoms with Gasteiger partial charge in [-0.15, -0.1) is 0 Å². The first-order valence-electron chi connectivity index (χ1n) is 3.19. The molecule has 0 amide bonds. The molecule has 0 unspecified atom stereocenters. The summed E-state index contributed by atoms with van der Waals surface area (Å²) in [4.78, 5) is 25.3. The van der Waals surface area contributed by atoms with Gasteiger partial charge >= 0.3 is 11.9 Å². The van der Waals surface area contributed by atoms with Crippen molar-refractivity contribution in [3.63, 3.8) is 0 Å². The number of esters is 1. The van der Waals surface area contributed by atoms with E-state index in [9.17, 15) is 9.59 Å². The fraction of sp³-hybridized carbons (Fsp3) is 0.667. The fourth-order valence-corrected chi connectivity index (χ4v) is 0.955. The van der Waals surface area contributed by atoms with Gasteiger partial charge in [-0.25, -0.2) is 0 Å². The van der Waals surface area contributed by atoms with Gasteiger partial charge in [-0.05, 0) is 6.42 Å². The summed E-state index contributed by atoms with van der Waals surface area (Å²) in [6.45, 7) is 0. The fourth-order valence-electron chi connectivity index (χ4n) is 0.955. The molecular weight excluding hydrogens is 150 g/mol. The van der Waals surface area contributed by atoms with Crippen molar-refractivity contribution in [3.8, 4) is 0 Å². The van der Waals surface area contributed by atoms with E-state index in [-0.39, 0.29) is 17.8 Å². The number of rotatable bonds is 2. The highest BCUT2D eigenvalue weighted by molar-refractivity contribution is 5.86. The molecule has 2 atom stereocenters. The molecule has 0 aliphatic heterocycles. The van der Waals surface area contributed by atoms with Crippen LogP contribution in [0.2, 0.25) is 0 Å². The van der Waals surface area contributed by atoms with Gasteiger partial charge in [0.15, 0.2) is 0 Å². The number of carbonyl (C=O) groups is 2. The zero-order valence-electron chi connectivity index (χ0n) is 6.07. The van der Waals surface area contributed by atoms with E-state index in [4.69, 9.17) is 0 Å². The van der Waals surface area contributed by atoms with Gasteiger partial charge < -0.3 is 9.57 Å². The lowest BCUT2D eigenvalue weighted by molar-refractivity contribution is -0.150. The first kappa shape index (κ1) is 8.00. The molecule has 0 aromatic carbocycles. The molecule has 0 aromatic rings. The van der Waals surface area contributed by atoms with Gasteiger partial charge in [0.2, 0.25) is 0 Å². The molecular formula is C6H9NO4. The standard InChI is InChI=1S/C6H9NO4/c1-10-5(8)3-2-4(3)6(9)11-7/h3-4H,2,7H2,1H3/t3-,4+/m1/s1. The third-order valence-electron chi connectivity index (χ3n) is 1.71. The minimum atomic E-state index is -0.541. The molecule has 0 spiro atoms. The Morgan fingerprint density at radius 3 is 2.36 bits per heavy atom. The molecule has 0 radical (unpaired) electrons. The molecule has 0 saturated heterocycles. The summed E-state index contributed by atoms with van der Waals surface area (Å²) in [6, 6.07) is 0. The Morgan fingerprint density at radius 1 is 1.36 bits per heavy atom. The number of ether oxygens (including phenoxy) is 1. The first-order chi connectivity index (χ1) is 5.20. The second kappa shape index (κ2) is 2.87. The van der Waals surface area contributed by atoms with Crippen molar-refractivity contribution in [2.45, 2.75) is 6.42 Å². The van der Waals surface area contributed by atoms with Crippen LogP contribution >= 0.6 is 0 Å². The summed E-state index contributed by atoms with van der Waals surface area (Å²) in [5, 5.41) is 0. The van der Waals surface area contributed by atoms with Crippen molar-refractivity contribution < 1.29 is 19.2 Å². The molecule has 1 aliphatic carbocycles. The van der Waals surface area contributed by atoms with E-state index in [1.807, 2.05) is 0 Å². The summed E-state index contributed by atoms with van der Waals surface area (Å²) < 4.78 is 4.41. The number of hydrogen-bond acceptors (Lipinski definition) is 5. The van der Waals surface area contributed by atoms with E-state index < -0.39 is 5.97 Å². The van der Waals surface area contributed by atoms with Crippen LogP contribution in [0.25, 0.3) is 0 Å². The van der Waals surface area contributed by atoms with Gasteiger partial charge in [-0.1, -0.05) is 0 Å². The highest BCUT2D eigenvalue weighted by atomic mass is 16.7. The second-order valence-corrected chi connectivity index (χ2v) is 2.41. The lowest BCUT2D eigenvalue weighted by Gasteiger charge is -1.95. The second-order valence-electron chi connectivity index (χ2n) is 2.41. The molecule has 0 bridgehead atoms. The minimum absolute atomic E-state index is 0.337. The zero-order chi connectivity index (χ0) is 8.43. The Morgan fingerprint density at radius 2 is 1.91 bits per heavy atom. The number of hydrogen-bond donors (Lipinski definition) is 1. The average molecular weight is 159 g/mol. The molecule has 1 rings (SSSR count). The molecule has 0 heterocycles. The van der Waals surface area contributed by atoms with Gasteiger partial charge in [-0.2, -0.15) is 5.90 Å². The van der Waals surface area contributed by atoms with Crippen LogP contribution in [0.3, 0.4) is 0 Å². The number of methoxy groups -OCH3 is 1. The number of nitrogens with two attached hydrogens (primary N) is 1. The van der Waals surface area contributed by atoms with Crippen LogP contribution in [-0.2, 0) is 19.2 Å². The summed E-state index contributed by atoms with van der Waals surface area (Å²) in [5.41, 5.74) is 0. The molecule has 1 saturated carbocycles. The molecule has 5 heteroatoms. The number of carbonyl (C=O) groups excluding carboxylic acids is 2. The molecule has 11 heavy (non-hydrogen) atoms. The summed E-state index contributed by atoms with van der Waals surface area (Å²) in [6.07, 6.45) is 0.489. The van der Waals surface area contributed by atoms with Crippen LogP contribution in [0.15, 0.2) is 0 Å². The van der Waals surface area contributed by atoms with Crippen LogP contribution in [0.1, 0.15) is 6.42 Å². The Hall–Kier alpha value is -1.10. The van der Waals surface area contributed by atoms with Crippen molar-refractivity contribution in [1.82, 2.24) is 0 Å². The van der Waals surface area contributed by atoms with Crippen molar-refractivity contribution in [1.29, 1.82) is 0 Å². The lowest BCUT2D eigenvalue weighted by atomic mass is 10.3. The Labute approximate surface area is 63.4 Å². The van der Waals surface area contributed by atoms with Gasteiger partial charge in [0.05, 0.1) is 18.9 Å². The van der Waals surface area contributed by atoms with E-state index in [2.05, 4.69) is 15.5 Å². The third kappa shape index (κ3) is 1.48. The molecule has 5 nitrogen and oxygen atoms in total. The molecule has 2 N–H and O–H groups in total. The Balaban J connectivity index is 2.37. The van der Waals surface area contributed by atoms with Crippen molar-refractivity contribution in [3.05, 3.63) is 0 Å². The highest BCUT2D eigenvalue weighted by Crippen LogP contribution is 2.39. The van der Waals surface area contributed by atoms with Crippen LogP contribution in [0.4, 0.5) is 0 Å². The van der Waals surface area contributed by atoms with Gasteiger partial charge in [0, 0.05) is 0 Å². The van der Waals surface area contributed by atoms with Crippen molar-refractivity contribution in [2.75, 3.05) is 7.11 Å². The van der Waals surface area contributed by atoms with E-state index in [1.165, 1.54) is 7.11 Å². The zero-order valence-corrected chi connectivity index (χ0v) is 6.07. The quantitative estimate of drug-likeness (QED) is 0.422. The molecule has 1 fully saturated rings. The molecule has 1 aliphatic rings. The Bertz CT molecular complexity index is 171. The maximum atomic E-state index is 10.7. The van der Waals surface area contributed by atoms with Crippen LogP contribution < -0.4 is 5.90 Å². The maximum Gasteiger partial charge on any atom is 0.328 e. The smallest absolute Gasteiger partial charge is 0.328 e. The molecule has 0 aromatic heterocycles.